The molecular weight excluding hydrogens is 274 g/mol. The molecule has 0 atom stereocenters. The number of nitrogens with zero attached hydrogens (tertiary/aromatic N) is 3. The van der Waals surface area contributed by atoms with Crippen molar-refractivity contribution in [2.45, 2.75) is 13.5 Å². The summed E-state index contributed by atoms with van der Waals surface area (Å²) in [5.74, 6) is -0.0231. The van der Waals surface area contributed by atoms with Gasteiger partial charge in [-0.1, -0.05) is 0 Å². The minimum atomic E-state index is -0.0231. The molecule has 0 unspecified atom stereocenters. The van der Waals surface area contributed by atoms with E-state index in [9.17, 15) is 4.79 Å². The third-order valence-corrected chi connectivity index (χ3v) is 3.45. The van der Waals surface area contributed by atoms with Gasteiger partial charge in [0.05, 0.1) is 5.69 Å². The smallest absolute Gasteiger partial charge is 0.185 e. The first-order chi connectivity index (χ1) is 10.8. The number of hydrogen-bond donors (Lipinski definition) is 0. The summed E-state index contributed by atoms with van der Waals surface area (Å²) in [5.41, 5.74) is 2.49. The number of rotatable bonds is 5. The van der Waals surface area contributed by atoms with E-state index in [1.165, 1.54) is 0 Å². The van der Waals surface area contributed by atoms with Crippen molar-refractivity contribution < 1.29 is 4.79 Å². The average molecular weight is 291 g/mol. The van der Waals surface area contributed by atoms with Gasteiger partial charge in [-0.25, -0.2) is 0 Å². The molecule has 4 nitrogen and oxygen atoms in total. The van der Waals surface area contributed by atoms with Gasteiger partial charge in [0.25, 0.3) is 0 Å². The fourth-order valence-electron chi connectivity index (χ4n) is 2.20. The largest absolute Gasteiger partial charge is 0.324 e. The highest BCUT2D eigenvalue weighted by Crippen LogP contribution is 2.11. The first-order valence-corrected chi connectivity index (χ1v) is 7.25. The number of benzene rings is 1. The van der Waals surface area contributed by atoms with Gasteiger partial charge in [0.1, 0.15) is 0 Å². The van der Waals surface area contributed by atoms with E-state index in [4.69, 9.17) is 0 Å². The molecule has 3 rings (SSSR count). The number of hydrogen-bond acceptors (Lipinski definition) is 2. The van der Waals surface area contributed by atoms with Crippen molar-refractivity contribution in [1.82, 2.24) is 14.3 Å². The van der Waals surface area contributed by atoms with Crippen molar-refractivity contribution in [2.75, 3.05) is 0 Å². The summed E-state index contributed by atoms with van der Waals surface area (Å²) < 4.78 is 3.83. The van der Waals surface area contributed by atoms with Gasteiger partial charge in [0.15, 0.2) is 5.78 Å². The van der Waals surface area contributed by atoms with Crippen LogP contribution in [0.4, 0.5) is 0 Å². The molecule has 0 bridgehead atoms. The lowest BCUT2D eigenvalue weighted by molar-refractivity contribution is 0.104. The first kappa shape index (κ1) is 14.1. The molecule has 0 aliphatic rings. The molecular formula is C18H17N3O. The summed E-state index contributed by atoms with van der Waals surface area (Å²) in [6.07, 6.45) is 9.15. The Morgan fingerprint density at radius 2 is 1.82 bits per heavy atom. The molecule has 0 saturated heterocycles. The topological polar surface area (TPSA) is 39.8 Å². The van der Waals surface area contributed by atoms with Gasteiger partial charge in [0, 0.05) is 36.4 Å². The molecule has 0 N–H and O–H groups in total. The third-order valence-electron chi connectivity index (χ3n) is 3.45. The molecule has 0 saturated carbocycles. The van der Waals surface area contributed by atoms with Gasteiger partial charge in [-0.15, -0.1) is 0 Å². The zero-order chi connectivity index (χ0) is 15.4. The number of aromatic nitrogens is 3. The zero-order valence-corrected chi connectivity index (χ0v) is 12.4. The molecule has 2 aromatic heterocycles. The minimum Gasteiger partial charge on any atom is -0.324 e. The van der Waals surface area contributed by atoms with Crippen LogP contribution in [-0.2, 0) is 6.54 Å². The molecule has 3 aromatic rings. The van der Waals surface area contributed by atoms with Crippen molar-refractivity contribution in [3.63, 3.8) is 0 Å². The maximum Gasteiger partial charge on any atom is 0.185 e. The molecule has 0 spiro atoms. The molecule has 0 aliphatic heterocycles. The van der Waals surface area contributed by atoms with Gasteiger partial charge in [-0.05, 0) is 61.5 Å². The Balaban J connectivity index is 1.72. The van der Waals surface area contributed by atoms with E-state index in [-0.39, 0.29) is 5.78 Å². The summed E-state index contributed by atoms with van der Waals surface area (Å²) in [7, 11) is 0. The van der Waals surface area contributed by atoms with Crippen molar-refractivity contribution in [3.05, 3.63) is 78.4 Å². The Labute approximate surface area is 129 Å². The standard InChI is InChI=1S/C18H17N3O/c1-2-21-14-11-16(19-21)7-10-18(22)15-5-8-17(9-6-15)20-12-3-4-13-20/h3-14H,2H2,1H3/b10-7+. The Kier molecular flexibility index (Phi) is 4.01. The van der Waals surface area contributed by atoms with Crippen LogP contribution in [0.2, 0.25) is 0 Å². The van der Waals surface area contributed by atoms with Gasteiger partial charge < -0.3 is 4.57 Å². The highest BCUT2D eigenvalue weighted by Gasteiger charge is 2.03. The summed E-state index contributed by atoms with van der Waals surface area (Å²) in [5, 5.41) is 4.32. The number of ketones is 1. The summed E-state index contributed by atoms with van der Waals surface area (Å²) in [6, 6.07) is 13.4. The van der Waals surface area contributed by atoms with Crippen molar-refractivity contribution in [3.8, 4) is 5.69 Å². The lowest BCUT2D eigenvalue weighted by Gasteiger charge is -2.03. The van der Waals surface area contributed by atoms with Crippen LogP contribution in [0, 0.1) is 0 Å². The van der Waals surface area contributed by atoms with E-state index in [1.807, 2.05) is 77.2 Å². The summed E-state index contributed by atoms with van der Waals surface area (Å²) in [4.78, 5) is 12.2. The molecule has 110 valence electrons. The van der Waals surface area contributed by atoms with Crippen LogP contribution < -0.4 is 0 Å². The average Bonchev–Trinajstić information content (AvgIpc) is 3.24. The highest BCUT2D eigenvalue weighted by atomic mass is 16.1. The Morgan fingerprint density at radius 3 is 2.45 bits per heavy atom. The van der Waals surface area contributed by atoms with Crippen LogP contribution in [0.5, 0.6) is 0 Å². The van der Waals surface area contributed by atoms with Gasteiger partial charge in [0.2, 0.25) is 0 Å². The minimum absolute atomic E-state index is 0.0231. The fraction of sp³-hybridized carbons (Fsp3) is 0.111. The van der Waals surface area contributed by atoms with E-state index in [0.717, 1.165) is 17.9 Å². The van der Waals surface area contributed by atoms with Gasteiger partial charge >= 0.3 is 0 Å². The van der Waals surface area contributed by atoms with E-state index < -0.39 is 0 Å². The quantitative estimate of drug-likeness (QED) is 0.532. The second-order valence-electron chi connectivity index (χ2n) is 4.93. The van der Waals surface area contributed by atoms with Crippen LogP contribution in [0.15, 0.2) is 67.1 Å². The van der Waals surface area contributed by atoms with Crippen molar-refractivity contribution in [2.24, 2.45) is 0 Å². The maximum atomic E-state index is 12.2. The zero-order valence-electron chi connectivity index (χ0n) is 12.4. The Morgan fingerprint density at radius 1 is 1.09 bits per heavy atom. The van der Waals surface area contributed by atoms with Crippen LogP contribution in [0.25, 0.3) is 11.8 Å². The molecule has 0 radical (unpaired) electrons. The number of carbonyl (C=O) groups is 1. The van der Waals surface area contributed by atoms with Gasteiger partial charge in [-0.3, -0.25) is 9.48 Å². The van der Waals surface area contributed by atoms with E-state index >= 15 is 0 Å². The van der Waals surface area contributed by atoms with E-state index in [1.54, 1.807) is 12.2 Å². The van der Waals surface area contributed by atoms with Crippen LogP contribution >= 0.6 is 0 Å². The predicted molar refractivity (Wildman–Crippen MR) is 87.0 cm³/mol. The summed E-state index contributed by atoms with van der Waals surface area (Å²) in [6.45, 7) is 2.85. The molecule has 1 aromatic carbocycles. The maximum absolute atomic E-state index is 12.2. The van der Waals surface area contributed by atoms with Crippen LogP contribution in [0.1, 0.15) is 23.0 Å². The second kappa shape index (κ2) is 6.26. The fourth-order valence-corrected chi connectivity index (χ4v) is 2.20. The highest BCUT2D eigenvalue weighted by molar-refractivity contribution is 6.06. The number of carbonyl (C=O) groups excluding carboxylic acids is 1. The number of allylic oxidation sites excluding steroid dienone is 1. The molecule has 0 fully saturated rings. The second-order valence-corrected chi connectivity index (χ2v) is 4.93. The number of aryl methyl sites for hydroxylation is 1. The summed E-state index contributed by atoms with van der Waals surface area (Å²) >= 11 is 0. The molecule has 4 heteroatoms. The van der Waals surface area contributed by atoms with Gasteiger partial charge in [-0.2, -0.15) is 5.10 Å². The van der Waals surface area contributed by atoms with Crippen LogP contribution in [0.3, 0.4) is 0 Å². The lowest BCUT2D eigenvalue weighted by Crippen LogP contribution is -1.96. The molecule has 0 aliphatic carbocycles. The van der Waals surface area contributed by atoms with E-state index in [2.05, 4.69) is 5.10 Å². The molecule has 22 heavy (non-hydrogen) atoms. The SMILES string of the molecule is CCn1ccc(/C=C/C(=O)c2ccc(-n3cccc3)cc2)n1. The first-order valence-electron chi connectivity index (χ1n) is 7.25. The van der Waals surface area contributed by atoms with E-state index in [0.29, 0.717) is 5.56 Å². The monoisotopic (exact) mass is 291 g/mol. The Bertz CT molecular complexity index is 780. The normalized spacial score (nSPS) is 11.1. The molecule has 2 heterocycles. The van der Waals surface area contributed by atoms with Crippen molar-refractivity contribution in [1.29, 1.82) is 0 Å². The Hall–Kier alpha value is -2.88. The van der Waals surface area contributed by atoms with Crippen molar-refractivity contribution >= 4 is 11.9 Å². The third kappa shape index (κ3) is 3.06. The van der Waals surface area contributed by atoms with Crippen LogP contribution in [-0.4, -0.2) is 20.1 Å². The predicted octanol–water partition coefficient (Wildman–Crippen LogP) is 3.59. The molecule has 0 amide bonds. The lowest BCUT2D eigenvalue weighted by atomic mass is 10.1.